The lowest BCUT2D eigenvalue weighted by molar-refractivity contribution is -0.136. The standard InChI is InChI=1S/C23H30ClN5O3.ClH/c24-21-17-14-29(19-3-4-20(30)26-22(19)31)23(32)16(17)1-2-18(21)28-11-9-27(10-12-28)13-15-5-7-25-8-6-15;/h1-2,15,19,25H,3-14H2,(H,26,30,31);1H. The minimum atomic E-state index is -0.620. The summed E-state index contributed by atoms with van der Waals surface area (Å²) in [6, 6.07) is 3.16. The average Bonchev–Trinajstić information content (AvgIpc) is 3.13. The second-order valence-corrected chi connectivity index (χ2v) is 9.68. The molecule has 5 rings (SSSR count). The van der Waals surface area contributed by atoms with Crippen molar-refractivity contribution < 1.29 is 14.4 Å². The first-order valence-electron chi connectivity index (χ1n) is 11.7. The van der Waals surface area contributed by atoms with Crippen LogP contribution in [0.3, 0.4) is 0 Å². The van der Waals surface area contributed by atoms with Gasteiger partial charge in [-0.2, -0.15) is 0 Å². The number of nitrogens with zero attached hydrogens (tertiary/aromatic N) is 3. The zero-order valence-corrected chi connectivity index (χ0v) is 20.2. The van der Waals surface area contributed by atoms with Crippen molar-refractivity contribution in [3.63, 3.8) is 0 Å². The molecule has 0 bridgehead atoms. The Hall–Kier alpha value is -1.87. The molecule has 180 valence electrons. The van der Waals surface area contributed by atoms with Crippen LogP contribution in [0.4, 0.5) is 5.69 Å². The molecule has 3 fully saturated rings. The Morgan fingerprint density at radius 1 is 1.00 bits per heavy atom. The number of imide groups is 1. The van der Waals surface area contributed by atoms with Crippen LogP contribution in [-0.4, -0.2) is 79.4 Å². The topological polar surface area (TPSA) is 85.0 Å². The Kier molecular flexibility index (Phi) is 7.48. The number of halogens is 2. The molecule has 33 heavy (non-hydrogen) atoms. The number of rotatable bonds is 4. The van der Waals surface area contributed by atoms with Crippen LogP contribution in [0.1, 0.15) is 41.6 Å². The van der Waals surface area contributed by atoms with E-state index in [9.17, 15) is 14.4 Å². The van der Waals surface area contributed by atoms with Gasteiger partial charge < -0.3 is 15.1 Å². The molecule has 3 amide bonds. The first-order chi connectivity index (χ1) is 15.5. The third kappa shape index (κ3) is 4.85. The first kappa shape index (κ1) is 24.3. The van der Waals surface area contributed by atoms with E-state index < -0.39 is 11.9 Å². The van der Waals surface area contributed by atoms with Crippen LogP contribution in [0.15, 0.2) is 12.1 Å². The van der Waals surface area contributed by atoms with Gasteiger partial charge in [-0.1, -0.05) is 11.6 Å². The molecule has 0 radical (unpaired) electrons. The van der Waals surface area contributed by atoms with E-state index in [1.54, 1.807) is 4.90 Å². The van der Waals surface area contributed by atoms with E-state index >= 15 is 0 Å². The first-order valence-corrected chi connectivity index (χ1v) is 12.0. The Bertz CT molecular complexity index is 929. The van der Waals surface area contributed by atoms with Crippen LogP contribution in [0.25, 0.3) is 0 Å². The molecule has 0 saturated carbocycles. The highest BCUT2D eigenvalue weighted by Crippen LogP contribution is 2.38. The number of fused-ring (bicyclic) bond motifs is 1. The molecule has 1 aromatic rings. The summed E-state index contributed by atoms with van der Waals surface area (Å²) in [5, 5.41) is 6.38. The summed E-state index contributed by atoms with van der Waals surface area (Å²) < 4.78 is 0. The lowest BCUT2D eigenvalue weighted by Crippen LogP contribution is -2.52. The summed E-state index contributed by atoms with van der Waals surface area (Å²) in [4.78, 5) is 43.2. The SMILES string of the molecule is Cl.O=C1CCC(N2Cc3c(ccc(N4CCN(CC5CCNCC5)CC4)c3Cl)C2=O)C(=O)N1. The molecule has 0 aromatic heterocycles. The van der Waals surface area contributed by atoms with Crippen molar-refractivity contribution in [2.24, 2.45) is 5.92 Å². The van der Waals surface area contributed by atoms with E-state index in [1.165, 1.54) is 19.4 Å². The largest absolute Gasteiger partial charge is 0.368 e. The van der Waals surface area contributed by atoms with Gasteiger partial charge in [-0.15, -0.1) is 12.4 Å². The second-order valence-electron chi connectivity index (χ2n) is 9.31. The monoisotopic (exact) mass is 495 g/mol. The number of hydrogen-bond donors (Lipinski definition) is 2. The van der Waals surface area contributed by atoms with E-state index in [2.05, 4.69) is 20.4 Å². The zero-order valence-electron chi connectivity index (χ0n) is 18.6. The molecular formula is C23H31Cl2N5O3. The Morgan fingerprint density at radius 2 is 1.73 bits per heavy atom. The number of carbonyl (C=O) groups excluding carboxylic acids is 3. The lowest BCUT2D eigenvalue weighted by atomic mass is 9.97. The quantitative estimate of drug-likeness (QED) is 0.617. The highest BCUT2D eigenvalue weighted by Gasteiger charge is 2.40. The highest BCUT2D eigenvalue weighted by molar-refractivity contribution is 6.35. The smallest absolute Gasteiger partial charge is 0.255 e. The number of anilines is 1. The highest BCUT2D eigenvalue weighted by atomic mass is 35.5. The summed E-state index contributed by atoms with van der Waals surface area (Å²) in [7, 11) is 0. The summed E-state index contributed by atoms with van der Waals surface area (Å²) in [5.41, 5.74) is 2.31. The van der Waals surface area contributed by atoms with E-state index in [0.29, 0.717) is 23.6 Å². The molecule has 2 N–H and O–H groups in total. The van der Waals surface area contributed by atoms with Crippen molar-refractivity contribution in [1.29, 1.82) is 0 Å². The van der Waals surface area contributed by atoms with Gasteiger partial charge in [0.2, 0.25) is 11.8 Å². The van der Waals surface area contributed by atoms with Crippen LogP contribution in [0, 0.1) is 5.92 Å². The van der Waals surface area contributed by atoms with Gasteiger partial charge in [-0.05, 0) is 50.4 Å². The number of carbonyl (C=O) groups is 3. The van der Waals surface area contributed by atoms with Gasteiger partial charge in [0.25, 0.3) is 5.91 Å². The van der Waals surface area contributed by atoms with Crippen LogP contribution in [0.2, 0.25) is 5.02 Å². The van der Waals surface area contributed by atoms with E-state index in [4.69, 9.17) is 11.6 Å². The van der Waals surface area contributed by atoms with Gasteiger partial charge in [0.1, 0.15) is 6.04 Å². The maximum atomic E-state index is 13.0. The Labute approximate surface area is 205 Å². The lowest BCUT2D eigenvalue weighted by Gasteiger charge is -2.38. The molecule has 4 heterocycles. The normalized spacial score (nSPS) is 24.5. The van der Waals surface area contributed by atoms with Crippen molar-refractivity contribution >= 4 is 47.4 Å². The molecule has 1 unspecified atom stereocenters. The van der Waals surface area contributed by atoms with Gasteiger partial charge in [0.15, 0.2) is 0 Å². The fraction of sp³-hybridized carbons (Fsp3) is 0.609. The van der Waals surface area contributed by atoms with Crippen LogP contribution in [-0.2, 0) is 16.1 Å². The van der Waals surface area contributed by atoms with Crippen molar-refractivity contribution in [3.8, 4) is 0 Å². The van der Waals surface area contributed by atoms with Gasteiger partial charge in [0.05, 0.1) is 10.7 Å². The number of piperidine rings is 2. The van der Waals surface area contributed by atoms with Crippen molar-refractivity contribution in [2.75, 3.05) is 50.7 Å². The number of amides is 3. The summed E-state index contributed by atoms with van der Waals surface area (Å²) >= 11 is 6.81. The maximum absolute atomic E-state index is 13.0. The van der Waals surface area contributed by atoms with Crippen molar-refractivity contribution in [3.05, 3.63) is 28.3 Å². The molecule has 1 atom stereocenters. The summed E-state index contributed by atoms with van der Waals surface area (Å²) in [6.07, 6.45) is 3.12. The average molecular weight is 496 g/mol. The van der Waals surface area contributed by atoms with E-state index in [-0.39, 0.29) is 30.6 Å². The van der Waals surface area contributed by atoms with Crippen molar-refractivity contribution in [2.45, 2.75) is 38.3 Å². The van der Waals surface area contributed by atoms with E-state index in [1.807, 2.05) is 12.1 Å². The number of nitrogens with one attached hydrogen (secondary N) is 2. The third-order valence-electron chi connectivity index (χ3n) is 7.32. The molecule has 1 aromatic carbocycles. The molecule has 0 aliphatic carbocycles. The predicted molar refractivity (Wildman–Crippen MR) is 129 cm³/mol. The molecule has 3 saturated heterocycles. The number of piperazine rings is 1. The third-order valence-corrected chi connectivity index (χ3v) is 7.74. The van der Waals surface area contributed by atoms with Crippen LogP contribution >= 0.6 is 24.0 Å². The van der Waals surface area contributed by atoms with Gasteiger partial charge >= 0.3 is 0 Å². The zero-order chi connectivity index (χ0) is 22.2. The Morgan fingerprint density at radius 3 is 2.42 bits per heavy atom. The maximum Gasteiger partial charge on any atom is 0.255 e. The molecule has 10 heteroatoms. The molecule has 8 nitrogen and oxygen atoms in total. The second kappa shape index (κ2) is 10.2. The van der Waals surface area contributed by atoms with Gasteiger partial charge in [-0.3, -0.25) is 24.6 Å². The predicted octanol–water partition coefficient (Wildman–Crippen LogP) is 1.64. The molecule has 4 aliphatic heterocycles. The van der Waals surface area contributed by atoms with E-state index in [0.717, 1.165) is 56.4 Å². The summed E-state index contributed by atoms with van der Waals surface area (Å²) in [6.45, 7) is 7.58. The Balaban J connectivity index is 0.00000259. The summed E-state index contributed by atoms with van der Waals surface area (Å²) in [5.74, 6) is -0.0796. The fourth-order valence-corrected chi connectivity index (χ4v) is 5.78. The van der Waals surface area contributed by atoms with Gasteiger partial charge in [0, 0.05) is 56.8 Å². The number of benzene rings is 1. The van der Waals surface area contributed by atoms with Gasteiger partial charge in [-0.25, -0.2) is 0 Å². The minimum absolute atomic E-state index is 0. The van der Waals surface area contributed by atoms with Crippen LogP contribution in [0.5, 0.6) is 0 Å². The van der Waals surface area contributed by atoms with Crippen LogP contribution < -0.4 is 15.5 Å². The fourth-order valence-electron chi connectivity index (χ4n) is 5.44. The molecular weight excluding hydrogens is 465 g/mol. The molecule has 0 spiro atoms. The minimum Gasteiger partial charge on any atom is -0.368 e. The number of hydrogen-bond acceptors (Lipinski definition) is 6. The molecule has 4 aliphatic rings. The van der Waals surface area contributed by atoms with Crippen molar-refractivity contribution in [1.82, 2.24) is 20.4 Å².